The summed E-state index contributed by atoms with van der Waals surface area (Å²) in [6.07, 6.45) is 0. The van der Waals surface area contributed by atoms with Crippen molar-refractivity contribution in [2.24, 2.45) is 0 Å². The number of rotatable bonds is 3. The van der Waals surface area contributed by atoms with Crippen molar-refractivity contribution in [3.8, 4) is 11.1 Å². The standard InChI is InChI=1S/C17H15NO3/c1-10(17(20)21)18-16(19)15-13-8-4-2-6-11(13)12-7-3-5-9-14(12)15/h2-10,15H,1H3,(H,18,19)(H,20,21)/t10-/m1/s1. The molecule has 4 nitrogen and oxygen atoms in total. The molecule has 0 radical (unpaired) electrons. The molecule has 1 aliphatic rings. The molecule has 106 valence electrons. The molecule has 1 amide bonds. The van der Waals surface area contributed by atoms with Gasteiger partial charge in [0.05, 0.1) is 5.92 Å². The number of amides is 1. The molecule has 0 saturated heterocycles. The van der Waals surface area contributed by atoms with Crippen LogP contribution in [0.2, 0.25) is 0 Å². The van der Waals surface area contributed by atoms with E-state index in [4.69, 9.17) is 5.11 Å². The first-order valence-corrected chi connectivity index (χ1v) is 6.81. The topological polar surface area (TPSA) is 66.4 Å². The molecule has 0 spiro atoms. The number of fused-ring (bicyclic) bond motifs is 3. The monoisotopic (exact) mass is 281 g/mol. The first-order chi connectivity index (χ1) is 10.1. The van der Waals surface area contributed by atoms with Crippen LogP contribution in [0.3, 0.4) is 0 Å². The van der Waals surface area contributed by atoms with Crippen molar-refractivity contribution in [3.05, 3.63) is 59.7 Å². The van der Waals surface area contributed by atoms with Gasteiger partial charge in [0.2, 0.25) is 5.91 Å². The highest BCUT2D eigenvalue weighted by atomic mass is 16.4. The predicted molar refractivity (Wildman–Crippen MR) is 79.0 cm³/mol. The Kier molecular flexibility index (Phi) is 3.22. The van der Waals surface area contributed by atoms with E-state index in [0.29, 0.717) is 0 Å². The van der Waals surface area contributed by atoms with Crippen molar-refractivity contribution >= 4 is 11.9 Å². The second kappa shape index (κ2) is 5.05. The lowest BCUT2D eigenvalue weighted by Gasteiger charge is -2.16. The van der Waals surface area contributed by atoms with Gasteiger partial charge in [-0.1, -0.05) is 48.5 Å². The smallest absolute Gasteiger partial charge is 0.325 e. The molecule has 0 unspecified atom stereocenters. The molecule has 2 N–H and O–H groups in total. The Balaban J connectivity index is 2.03. The fourth-order valence-electron chi connectivity index (χ4n) is 2.80. The number of nitrogens with one attached hydrogen (secondary N) is 1. The van der Waals surface area contributed by atoms with E-state index in [1.807, 2.05) is 48.5 Å². The summed E-state index contributed by atoms with van der Waals surface area (Å²) in [6.45, 7) is 1.47. The van der Waals surface area contributed by atoms with Gasteiger partial charge in [0.25, 0.3) is 0 Å². The van der Waals surface area contributed by atoms with E-state index < -0.39 is 17.9 Å². The van der Waals surface area contributed by atoms with E-state index in [9.17, 15) is 9.59 Å². The number of carboxylic acids is 1. The molecule has 0 saturated carbocycles. The Labute approximate surface area is 122 Å². The lowest BCUT2D eigenvalue weighted by molar-refractivity contribution is -0.141. The van der Waals surface area contributed by atoms with E-state index in [-0.39, 0.29) is 5.91 Å². The van der Waals surface area contributed by atoms with Gasteiger partial charge >= 0.3 is 5.97 Å². The summed E-state index contributed by atoms with van der Waals surface area (Å²) in [7, 11) is 0. The average Bonchev–Trinajstić information content (AvgIpc) is 2.81. The summed E-state index contributed by atoms with van der Waals surface area (Å²) >= 11 is 0. The van der Waals surface area contributed by atoms with Crippen LogP contribution < -0.4 is 5.32 Å². The van der Waals surface area contributed by atoms with Crippen molar-refractivity contribution in [1.29, 1.82) is 0 Å². The van der Waals surface area contributed by atoms with Crippen LogP contribution >= 0.6 is 0 Å². The molecule has 0 aliphatic heterocycles. The molecule has 0 bridgehead atoms. The molecule has 0 aromatic heterocycles. The van der Waals surface area contributed by atoms with E-state index >= 15 is 0 Å². The van der Waals surface area contributed by atoms with Gasteiger partial charge in [-0.3, -0.25) is 9.59 Å². The first-order valence-electron chi connectivity index (χ1n) is 6.81. The molecule has 3 rings (SSSR count). The molecule has 1 atom stereocenters. The van der Waals surface area contributed by atoms with Gasteiger partial charge in [0.15, 0.2) is 0 Å². The zero-order valence-corrected chi connectivity index (χ0v) is 11.5. The highest BCUT2D eigenvalue weighted by molar-refractivity contribution is 5.97. The maximum atomic E-state index is 12.5. The quantitative estimate of drug-likeness (QED) is 0.907. The summed E-state index contributed by atoms with van der Waals surface area (Å²) in [6, 6.07) is 14.6. The summed E-state index contributed by atoms with van der Waals surface area (Å²) in [5.41, 5.74) is 3.93. The van der Waals surface area contributed by atoms with Gasteiger partial charge in [0.1, 0.15) is 6.04 Å². The summed E-state index contributed by atoms with van der Waals surface area (Å²) in [5.74, 6) is -1.76. The van der Waals surface area contributed by atoms with Gasteiger partial charge in [-0.15, -0.1) is 0 Å². The van der Waals surface area contributed by atoms with Gasteiger partial charge in [0, 0.05) is 0 Å². The predicted octanol–water partition coefficient (Wildman–Crippen LogP) is 2.39. The van der Waals surface area contributed by atoms with Crippen LogP contribution in [0.5, 0.6) is 0 Å². The second-order valence-corrected chi connectivity index (χ2v) is 5.18. The van der Waals surface area contributed by atoms with Gasteiger partial charge < -0.3 is 10.4 Å². The third-order valence-electron chi connectivity index (χ3n) is 3.83. The summed E-state index contributed by atoms with van der Waals surface area (Å²) in [5, 5.41) is 11.5. The minimum Gasteiger partial charge on any atom is -0.480 e. The van der Waals surface area contributed by atoms with Crippen LogP contribution in [0.15, 0.2) is 48.5 Å². The fraction of sp³-hybridized carbons (Fsp3) is 0.176. The van der Waals surface area contributed by atoms with Crippen LogP contribution in [0, 0.1) is 0 Å². The number of carboxylic acid groups (broad SMARTS) is 1. The van der Waals surface area contributed by atoms with E-state index in [0.717, 1.165) is 22.3 Å². The fourth-order valence-corrected chi connectivity index (χ4v) is 2.80. The third-order valence-corrected chi connectivity index (χ3v) is 3.83. The van der Waals surface area contributed by atoms with Crippen molar-refractivity contribution < 1.29 is 14.7 Å². The maximum absolute atomic E-state index is 12.5. The molecule has 0 heterocycles. The number of carbonyl (C=O) groups is 2. The first kappa shape index (κ1) is 13.4. The second-order valence-electron chi connectivity index (χ2n) is 5.18. The van der Waals surface area contributed by atoms with Crippen LogP contribution in [0.1, 0.15) is 24.0 Å². The summed E-state index contributed by atoms with van der Waals surface area (Å²) in [4.78, 5) is 23.4. The molecule has 4 heteroatoms. The van der Waals surface area contributed by atoms with Crippen LogP contribution in [-0.2, 0) is 9.59 Å². The normalized spacial score (nSPS) is 14.1. The van der Waals surface area contributed by atoms with Crippen molar-refractivity contribution in [3.63, 3.8) is 0 Å². The average molecular weight is 281 g/mol. The Morgan fingerprint density at radius 2 is 1.48 bits per heavy atom. The number of benzene rings is 2. The minimum absolute atomic E-state index is 0.276. The SMILES string of the molecule is C[C@@H](NC(=O)C1c2ccccc2-c2ccccc21)C(=O)O. The Morgan fingerprint density at radius 1 is 1.00 bits per heavy atom. The zero-order valence-electron chi connectivity index (χ0n) is 11.5. The van der Waals surface area contributed by atoms with Crippen molar-refractivity contribution in [1.82, 2.24) is 5.32 Å². The number of carbonyl (C=O) groups excluding carboxylic acids is 1. The van der Waals surface area contributed by atoms with Gasteiger partial charge in [-0.25, -0.2) is 0 Å². The Hall–Kier alpha value is -2.62. The summed E-state index contributed by atoms with van der Waals surface area (Å²) < 4.78 is 0. The molecule has 2 aromatic rings. The highest BCUT2D eigenvalue weighted by Gasteiger charge is 2.34. The van der Waals surface area contributed by atoms with Gasteiger partial charge in [-0.05, 0) is 29.2 Å². The third kappa shape index (κ3) is 2.18. The molecule has 21 heavy (non-hydrogen) atoms. The number of hydrogen-bond acceptors (Lipinski definition) is 2. The highest BCUT2D eigenvalue weighted by Crippen LogP contribution is 2.44. The van der Waals surface area contributed by atoms with Crippen LogP contribution in [0.25, 0.3) is 11.1 Å². The van der Waals surface area contributed by atoms with E-state index in [2.05, 4.69) is 5.32 Å². The molecule has 2 aromatic carbocycles. The zero-order chi connectivity index (χ0) is 15.0. The Bertz CT molecular complexity index is 678. The maximum Gasteiger partial charge on any atom is 0.325 e. The van der Waals surface area contributed by atoms with E-state index in [1.165, 1.54) is 6.92 Å². The van der Waals surface area contributed by atoms with Crippen LogP contribution in [0.4, 0.5) is 0 Å². The van der Waals surface area contributed by atoms with Gasteiger partial charge in [-0.2, -0.15) is 0 Å². The van der Waals surface area contributed by atoms with E-state index in [1.54, 1.807) is 0 Å². The van der Waals surface area contributed by atoms with Crippen molar-refractivity contribution in [2.75, 3.05) is 0 Å². The lowest BCUT2D eigenvalue weighted by atomic mass is 9.96. The molecule has 1 aliphatic carbocycles. The Morgan fingerprint density at radius 3 is 1.95 bits per heavy atom. The largest absolute Gasteiger partial charge is 0.480 e. The molecular weight excluding hydrogens is 266 g/mol. The molecule has 0 fully saturated rings. The lowest BCUT2D eigenvalue weighted by Crippen LogP contribution is -2.40. The van der Waals surface area contributed by atoms with Crippen molar-refractivity contribution in [2.45, 2.75) is 18.9 Å². The molecular formula is C17H15NO3. The minimum atomic E-state index is -1.04. The number of aliphatic carboxylic acids is 1. The number of hydrogen-bond donors (Lipinski definition) is 2. The van der Waals surface area contributed by atoms with Crippen LogP contribution in [-0.4, -0.2) is 23.0 Å².